The molecular weight excluding hydrogens is 372 g/mol. The molecule has 0 fully saturated rings. The van der Waals surface area contributed by atoms with Crippen LogP contribution in [0.3, 0.4) is 0 Å². The molecule has 0 aliphatic heterocycles. The van der Waals surface area contributed by atoms with Gasteiger partial charge in [0.25, 0.3) is 0 Å². The Labute approximate surface area is 174 Å². The van der Waals surface area contributed by atoms with E-state index in [4.69, 9.17) is 4.98 Å². The van der Waals surface area contributed by atoms with Gasteiger partial charge in [-0.3, -0.25) is 4.98 Å². The summed E-state index contributed by atoms with van der Waals surface area (Å²) in [6, 6.07) is 18.2. The zero-order chi connectivity index (χ0) is 20.5. The van der Waals surface area contributed by atoms with Crippen molar-refractivity contribution in [3.8, 4) is 22.6 Å². The molecule has 2 N–H and O–H groups in total. The van der Waals surface area contributed by atoms with Crippen LogP contribution in [-0.4, -0.2) is 24.9 Å². The van der Waals surface area contributed by atoms with Crippen LogP contribution in [0.15, 0.2) is 73.2 Å². The molecule has 5 rings (SSSR count). The summed E-state index contributed by atoms with van der Waals surface area (Å²) in [7, 11) is 0. The molecule has 2 aromatic carbocycles. The van der Waals surface area contributed by atoms with Crippen molar-refractivity contribution >= 4 is 22.7 Å². The first-order valence-electron chi connectivity index (χ1n) is 9.73. The third kappa shape index (κ3) is 3.51. The number of hydrogen-bond donors (Lipinski definition) is 2. The van der Waals surface area contributed by atoms with Crippen molar-refractivity contribution in [2.45, 2.75) is 13.8 Å². The molecule has 0 saturated heterocycles. The number of pyridine rings is 1. The van der Waals surface area contributed by atoms with Crippen LogP contribution in [0.2, 0.25) is 0 Å². The predicted molar refractivity (Wildman–Crippen MR) is 120 cm³/mol. The van der Waals surface area contributed by atoms with E-state index < -0.39 is 0 Å². The number of anilines is 2. The van der Waals surface area contributed by atoms with Gasteiger partial charge in [-0.25, -0.2) is 15.0 Å². The van der Waals surface area contributed by atoms with Gasteiger partial charge in [-0.2, -0.15) is 0 Å². The average molecular weight is 392 g/mol. The summed E-state index contributed by atoms with van der Waals surface area (Å²) >= 11 is 0. The number of aromatic nitrogens is 5. The molecule has 0 atom stereocenters. The second-order valence-corrected chi connectivity index (χ2v) is 7.27. The van der Waals surface area contributed by atoms with Crippen molar-refractivity contribution in [2.75, 3.05) is 5.32 Å². The lowest BCUT2D eigenvalue weighted by molar-refractivity contribution is 1.16. The topological polar surface area (TPSA) is 79.4 Å². The van der Waals surface area contributed by atoms with Crippen molar-refractivity contribution in [3.05, 3.63) is 84.3 Å². The molecule has 146 valence electrons. The summed E-state index contributed by atoms with van der Waals surface area (Å²) < 4.78 is 0. The molecule has 3 heterocycles. The number of rotatable bonds is 4. The normalized spacial score (nSPS) is 11.0. The Morgan fingerprint density at radius 3 is 2.60 bits per heavy atom. The lowest BCUT2D eigenvalue weighted by Crippen LogP contribution is -1.99. The summed E-state index contributed by atoms with van der Waals surface area (Å²) in [5, 5.41) is 3.34. The van der Waals surface area contributed by atoms with Crippen LogP contribution >= 0.6 is 0 Å². The molecule has 0 unspecified atom stereocenters. The lowest BCUT2D eigenvalue weighted by atomic mass is 10.1. The van der Waals surface area contributed by atoms with Crippen LogP contribution in [0, 0.1) is 13.8 Å². The number of hydrogen-bond acceptors (Lipinski definition) is 5. The molecule has 6 heteroatoms. The van der Waals surface area contributed by atoms with Crippen molar-refractivity contribution in [1.29, 1.82) is 0 Å². The molecule has 0 aliphatic carbocycles. The van der Waals surface area contributed by atoms with Gasteiger partial charge in [0.1, 0.15) is 5.82 Å². The highest BCUT2D eigenvalue weighted by Gasteiger charge is 2.10. The number of aromatic amines is 1. The van der Waals surface area contributed by atoms with Crippen LogP contribution in [0.5, 0.6) is 0 Å². The van der Waals surface area contributed by atoms with E-state index in [1.807, 2.05) is 30.3 Å². The molecule has 5 aromatic rings. The van der Waals surface area contributed by atoms with E-state index in [0.717, 1.165) is 44.9 Å². The van der Waals surface area contributed by atoms with Crippen LogP contribution in [0.1, 0.15) is 11.1 Å². The Kier molecular flexibility index (Phi) is 4.44. The Hall–Kier alpha value is -4.06. The Morgan fingerprint density at radius 2 is 1.77 bits per heavy atom. The summed E-state index contributed by atoms with van der Waals surface area (Å²) in [5.74, 6) is 1.40. The average Bonchev–Trinajstić information content (AvgIpc) is 3.18. The predicted octanol–water partition coefficient (Wildman–Crippen LogP) is 5.44. The maximum absolute atomic E-state index is 4.79. The van der Waals surface area contributed by atoms with Gasteiger partial charge in [0.05, 0.1) is 16.7 Å². The van der Waals surface area contributed by atoms with E-state index in [-0.39, 0.29) is 0 Å². The number of nitrogens with one attached hydrogen (secondary N) is 2. The van der Waals surface area contributed by atoms with Crippen LogP contribution in [-0.2, 0) is 0 Å². The van der Waals surface area contributed by atoms with Gasteiger partial charge in [-0.15, -0.1) is 0 Å². The highest BCUT2D eigenvalue weighted by molar-refractivity contribution is 5.85. The standard InChI is InChI=1S/C24H20N6/c1-15-5-3-6-17(11-15)23-27-21-12-16(2)20(13-22(21)28-23)30-24-26-10-8-19(29-24)18-7-4-9-25-14-18/h3-14H,1-2H3,(H,27,28)(H,26,29,30). The van der Waals surface area contributed by atoms with E-state index in [1.54, 1.807) is 18.6 Å². The van der Waals surface area contributed by atoms with E-state index in [2.05, 4.69) is 63.4 Å². The zero-order valence-electron chi connectivity index (χ0n) is 16.7. The third-order valence-electron chi connectivity index (χ3n) is 4.98. The van der Waals surface area contributed by atoms with E-state index in [1.165, 1.54) is 5.56 Å². The lowest BCUT2D eigenvalue weighted by Gasteiger charge is -2.09. The van der Waals surface area contributed by atoms with Gasteiger partial charge in [0, 0.05) is 35.4 Å². The summed E-state index contributed by atoms with van der Waals surface area (Å²) in [4.78, 5) is 21.4. The molecule has 6 nitrogen and oxygen atoms in total. The van der Waals surface area contributed by atoms with E-state index in [0.29, 0.717) is 5.95 Å². The molecule has 30 heavy (non-hydrogen) atoms. The maximum Gasteiger partial charge on any atom is 0.227 e. The first-order valence-corrected chi connectivity index (χ1v) is 9.73. The second kappa shape index (κ2) is 7.40. The van der Waals surface area contributed by atoms with Crippen LogP contribution < -0.4 is 5.32 Å². The summed E-state index contributed by atoms with van der Waals surface area (Å²) in [6.45, 7) is 4.14. The van der Waals surface area contributed by atoms with Crippen LogP contribution in [0.25, 0.3) is 33.7 Å². The minimum Gasteiger partial charge on any atom is -0.338 e. The Morgan fingerprint density at radius 1 is 0.867 bits per heavy atom. The quantitative estimate of drug-likeness (QED) is 0.426. The van der Waals surface area contributed by atoms with Gasteiger partial charge in [-0.1, -0.05) is 23.8 Å². The molecule has 0 radical (unpaired) electrons. The van der Waals surface area contributed by atoms with Crippen molar-refractivity contribution in [2.24, 2.45) is 0 Å². The molecule has 0 aliphatic rings. The van der Waals surface area contributed by atoms with Gasteiger partial charge >= 0.3 is 0 Å². The zero-order valence-corrected chi connectivity index (χ0v) is 16.7. The molecule has 0 saturated carbocycles. The fourth-order valence-electron chi connectivity index (χ4n) is 3.44. The maximum atomic E-state index is 4.79. The van der Waals surface area contributed by atoms with Crippen molar-refractivity contribution < 1.29 is 0 Å². The van der Waals surface area contributed by atoms with E-state index >= 15 is 0 Å². The number of imidazole rings is 1. The number of nitrogens with zero attached hydrogens (tertiary/aromatic N) is 4. The van der Waals surface area contributed by atoms with Crippen LogP contribution in [0.4, 0.5) is 11.6 Å². The summed E-state index contributed by atoms with van der Waals surface area (Å²) in [5.41, 5.74) is 7.95. The second-order valence-electron chi connectivity index (χ2n) is 7.27. The number of H-pyrrole nitrogens is 1. The smallest absolute Gasteiger partial charge is 0.227 e. The van der Waals surface area contributed by atoms with E-state index in [9.17, 15) is 0 Å². The molecule has 0 spiro atoms. The largest absolute Gasteiger partial charge is 0.338 e. The highest BCUT2D eigenvalue weighted by Crippen LogP contribution is 2.28. The Bertz CT molecular complexity index is 1340. The first kappa shape index (κ1) is 18.0. The Balaban J connectivity index is 1.48. The fourth-order valence-corrected chi connectivity index (χ4v) is 3.44. The molecule has 0 amide bonds. The SMILES string of the molecule is Cc1cccc(-c2nc3cc(Nc4nccc(-c5cccnc5)n4)c(C)cc3[nH]2)c1. The summed E-state index contributed by atoms with van der Waals surface area (Å²) in [6.07, 6.45) is 5.28. The van der Waals surface area contributed by atoms with Gasteiger partial charge < -0.3 is 10.3 Å². The monoisotopic (exact) mass is 392 g/mol. The number of fused-ring (bicyclic) bond motifs is 1. The minimum atomic E-state index is 0.535. The molecule has 3 aromatic heterocycles. The van der Waals surface area contributed by atoms with Gasteiger partial charge in [0.2, 0.25) is 5.95 Å². The number of aryl methyl sites for hydroxylation is 2. The third-order valence-corrected chi connectivity index (χ3v) is 4.98. The first-order chi connectivity index (χ1) is 14.7. The minimum absolute atomic E-state index is 0.535. The van der Waals surface area contributed by atoms with Gasteiger partial charge in [0.15, 0.2) is 0 Å². The number of benzene rings is 2. The fraction of sp³-hybridized carbons (Fsp3) is 0.0833. The van der Waals surface area contributed by atoms with Gasteiger partial charge in [-0.05, 0) is 55.8 Å². The molecular formula is C24H20N6. The highest BCUT2D eigenvalue weighted by atomic mass is 15.1. The molecule has 0 bridgehead atoms. The van der Waals surface area contributed by atoms with Crippen molar-refractivity contribution in [1.82, 2.24) is 24.9 Å². The van der Waals surface area contributed by atoms with Crippen molar-refractivity contribution in [3.63, 3.8) is 0 Å².